The number of carbonyl (C=O) groups is 1. The molecule has 0 saturated heterocycles. The van der Waals surface area contributed by atoms with E-state index < -0.39 is 0 Å². The minimum absolute atomic E-state index is 0.0935. The molecule has 0 aliphatic heterocycles. The smallest absolute Gasteiger partial charge is 0.133 e. The van der Waals surface area contributed by atoms with Crippen LogP contribution in [-0.2, 0) is 4.79 Å². The lowest BCUT2D eigenvalue weighted by molar-refractivity contribution is -0.117. The van der Waals surface area contributed by atoms with Crippen molar-refractivity contribution >= 4 is 11.5 Å². The summed E-state index contributed by atoms with van der Waals surface area (Å²) < 4.78 is 0. The molecular weight excluding hydrogens is 248 g/mol. The van der Waals surface area contributed by atoms with Crippen molar-refractivity contribution in [1.29, 1.82) is 0 Å². The van der Waals surface area contributed by atoms with E-state index in [1.165, 1.54) is 12.5 Å². The van der Waals surface area contributed by atoms with Gasteiger partial charge in [0.25, 0.3) is 0 Å². The Morgan fingerprint density at radius 1 is 1.05 bits per heavy atom. The molecule has 2 aromatic rings. The van der Waals surface area contributed by atoms with Gasteiger partial charge in [-0.3, -0.25) is 4.79 Å². The van der Waals surface area contributed by atoms with E-state index in [-0.39, 0.29) is 11.9 Å². The van der Waals surface area contributed by atoms with Gasteiger partial charge in [-0.15, -0.1) is 0 Å². The molecule has 106 valence electrons. The molecule has 3 N–H and O–H groups in total. The number of para-hydroxylation sites is 1. The molecule has 0 fully saturated rings. The fourth-order valence-electron chi connectivity index (χ4n) is 1.64. The van der Waals surface area contributed by atoms with E-state index in [9.17, 15) is 4.79 Å². The summed E-state index contributed by atoms with van der Waals surface area (Å²) in [5, 5.41) is 3.03. The normalized spacial score (nSPS) is 10.9. The van der Waals surface area contributed by atoms with Crippen LogP contribution in [0.5, 0.6) is 0 Å². The van der Waals surface area contributed by atoms with Gasteiger partial charge in [0.15, 0.2) is 0 Å². The van der Waals surface area contributed by atoms with Crippen LogP contribution in [0.15, 0.2) is 60.7 Å². The average molecular weight is 270 g/mol. The maximum Gasteiger partial charge on any atom is 0.133 e. The molecule has 3 heteroatoms. The number of carbonyl (C=O) groups excluding carboxylic acids is 1. The van der Waals surface area contributed by atoms with Crippen LogP contribution in [0.1, 0.15) is 18.9 Å². The number of benzene rings is 2. The van der Waals surface area contributed by atoms with E-state index in [1.807, 2.05) is 48.5 Å². The first-order valence-electron chi connectivity index (χ1n) is 6.66. The lowest BCUT2D eigenvalue weighted by atomic mass is 10.2. The number of aryl methyl sites for hydroxylation is 1. The number of hydrogen-bond acceptors (Lipinski definition) is 3. The second-order valence-electron chi connectivity index (χ2n) is 4.68. The third kappa shape index (κ3) is 7.34. The van der Waals surface area contributed by atoms with Crippen LogP contribution in [0.4, 0.5) is 5.69 Å². The summed E-state index contributed by atoms with van der Waals surface area (Å²) in [6.07, 6.45) is 0.0643. The lowest BCUT2D eigenvalue weighted by Gasteiger charge is -2.12. The van der Waals surface area contributed by atoms with Crippen LogP contribution >= 0.6 is 0 Å². The standard InChI is InChI=1S/C10H14N2O.C7H8/c1-8(13)7-10(11)12-9-5-3-2-4-6-9;1-7-5-3-2-4-6-7/h2-6,10,12H,7,11H2,1H3;2-6H,1H3. The van der Waals surface area contributed by atoms with Gasteiger partial charge in [-0.2, -0.15) is 0 Å². The van der Waals surface area contributed by atoms with E-state index in [0.717, 1.165) is 5.69 Å². The first-order chi connectivity index (χ1) is 9.58. The molecule has 0 amide bonds. The summed E-state index contributed by atoms with van der Waals surface area (Å²) in [6.45, 7) is 3.62. The average Bonchev–Trinajstić information content (AvgIpc) is 2.40. The maximum atomic E-state index is 10.7. The SMILES string of the molecule is CC(=O)CC(N)Nc1ccccc1.Cc1ccccc1. The van der Waals surface area contributed by atoms with Gasteiger partial charge in [0.05, 0.1) is 6.17 Å². The van der Waals surface area contributed by atoms with Gasteiger partial charge in [-0.25, -0.2) is 0 Å². The van der Waals surface area contributed by atoms with Crippen molar-refractivity contribution in [1.82, 2.24) is 0 Å². The summed E-state index contributed by atoms with van der Waals surface area (Å²) in [5.41, 5.74) is 7.94. The van der Waals surface area contributed by atoms with Crippen LogP contribution in [0.25, 0.3) is 0 Å². The third-order valence-corrected chi connectivity index (χ3v) is 2.57. The Kier molecular flexibility index (Phi) is 7.07. The van der Waals surface area contributed by atoms with Crippen LogP contribution in [0.2, 0.25) is 0 Å². The van der Waals surface area contributed by atoms with Crippen molar-refractivity contribution in [2.45, 2.75) is 26.4 Å². The van der Waals surface area contributed by atoms with E-state index in [0.29, 0.717) is 6.42 Å². The van der Waals surface area contributed by atoms with Gasteiger partial charge in [0.2, 0.25) is 0 Å². The van der Waals surface area contributed by atoms with Gasteiger partial charge >= 0.3 is 0 Å². The maximum absolute atomic E-state index is 10.7. The van der Waals surface area contributed by atoms with Gasteiger partial charge in [-0.1, -0.05) is 54.1 Å². The summed E-state index contributed by atoms with van der Waals surface area (Å²) in [4.78, 5) is 10.7. The lowest BCUT2D eigenvalue weighted by Crippen LogP contribution is -2.31. The van der Waals surface area contributed by atoms with Crippen molar-refractivity contribution in [2.75, 3.05) is 5.32 Å². The van der Waals surface area contributed by atoms with E-state index in [1.54, 1.807) is 0 Å². The highest BCUT2D eigenvalue weighted by atomic mass is 16.1. The van der Waals surface area contributed by atoms with Crippen LogP contribution in [0.3, 0.4) is 0 Å². The Balaban J connectivity index is 0.000000240. The molecule has 0 aliphatic rings. The number of ketones is 1. The zero-order valence-corrected chi connectivity index (χ0v) is 12.0. The molecule has 0 bridgehead atoms. The largest absolute Gasteiger partial charge is 0.370 e. The van der Waals surface area contributed by atoms with Gasteiger partial charge in [0.1, 0.15) is 5.78 Å². The molecule has 0 saturated carbocycles. The van der Waals surface area contributed by atoms with E-state index in [2.05, 4.69) is 24.4 Å². The van der Waals surface area contributed by atoms with Crippen molar-refractivity contribution in [3.63, 3.8) is 0 Å². The van der Waals surface area contributed by atoms with E-state index >= 15 is 0 Å². The van der Waals surface area contributed by atoms with Crippen molar-refractivity contribution in [3.05, 3.63) is 66.2 Å². The van der Waals surface area contributed by atoms with Crippen molar-refractivity contribution in [3.8, 4) is 0 Å². The molecule has 20 heavy (non-hydrogen) atoms. The fourth-order valence-corrected chi connectivity index (χ4v) is 1.64. The van der Waals surface area contributed by atoms with Crippen molar-refractivity contribution < 1.29 is 4.79 Å². The molecule has 0 aromatic heterocycles. The van der Waals surface area contributed by atoms with Gasteiger partial charge in [0, 0.05) is 12.1 Å². The first kappa shape index (κ1) is 15.9. The number of Topliss-reactive ketones (excluding diaryl/α,β-unsaturated/α-hetero) is 1. The topological polar surface area (TPSA) is 55.1 Å². The summed E-state index contributed by atoms with van der Waals surface area (Å²) in [7, 11) is 0. The molecule has 1 unspecified atom stereocenters. The second-order valence-corrected chi connectivity index (χ2v) is 4.68. The highest BCUT2D eigenvalue weighted by Crippen LogP contribution is 2.06. The predicted molar refractivity (Wildman–Crippen MR) is 84.5 cm³/mol. The minimum Gasteiger partial charge on any atom is -0.370 e. The summed E-state index contributed by atoms with van der Waals surface area (Å²) in [6, 6.07) is 19.9. The number of anilines is 1. The molecule has 0 aliphatic carbocycles. The Labute approximate surface area is 120 Å². The number of rotatable bonds is 4. The molecule has 0 spiro atoms. The highest BCUT2D eigenvalue weighted by Gasteiger charge is 2.04. The molecule has 0 heterocycles. The zero-order chi connectivity index (χ0) is 14.8. The summed E-state index contributed by atoms with van der Waals surface area (Å²) in [5.74, 6) is 0.0935. The molecular formula is C17H22N2O. The number of hydrogen-bond donors (Lipinski definition) is 2. The minimum atomic E-state index is -0.292. The Bertz CT molecular complexity index is 497. The molecule has 1 atom stereocenters. The van der Waals surface area contributed by atoms with Gasteiger partial charge < -0.3 is 11.1 Å². The Hall–Kier alpha value is -2.13. The van der Waals surface area contributed by atoms with Crippen LogP contribution in [0, 0.1) is 6.92 Å². The molecule has 0 radical (unpaired) electrons. The number of nitrogens with two attached hydrogens (primary N) is 1. The molecule has 3 nitrogen and oxygen atoms in total. The highest BCUT2D eigenvalue weighted by molar-refractivity contribution is 5.76. The van der Waals surface area contributed by atoms with Gasteiger partial charge in [-0.05, 0) is 26.0 Å². The molecule has 2 aromatic carbocycles. The fraction of sp³-hybridized carbons (Fsp3) is 0.235. The zero-order valence-electron chi connectivity index (χ0n) is 12.0. The predicted octanol–water partition coefficient (Wildman–Crippen LogP) is 3.36. The second kappa shape index (κ2) is 8.88. The summed E-state index contributed by atoms with van der Waals surface area (Å²) >= 11 is 0. The Morgan fingerprint density at radius 2 is 1.55 bits per heavy atom. The third-order valence-electron chi connectivity index (χ3n) is 2.57. The monoisotopic (exact) mass is 270 g/mol. The van der Waals surface area contributed by atoms with E-state index in [4.69, 9.17) is 5.73 Å². The van der Waals surface area contributed by atoms with Crippen molar-refractivity contribution in [2.24, 2.45) is 5.73 Å². The Morgan fingerprint density at radius 3 is 1.95 bits per heavy atom. The number of nitrogens with one attached hydrogen (secondary N) is 1. The first-order valence-corrected chi connectivity index (χ1v) is 6.66. The molecule has 2 rings (SSSR count). The quantitative estimate of drug-likeness (QED) is 0.838. The van der Waals surface area contributed by atoms with Crippen LogP contribution in [-0.4, -0.2) is 11.9 Å². The van der Waals surface area contributed by atoms with Crippen LogP contribution < -0.4 is 11.1 Å².